The van der Waals surface area contributed by atoms with Gasteiger partial charge in [0, 0.05) is 0 Å². The molecule has 0 unspecified atom stereocenters. The van der Waals surface area contributed by atoms with Crippen molar-refractivity contribution < 1.29 is 18.3 Å². The summed E-state index contributed by atoms with van der Waals surface area (Å²) >= 11 is 0. The Kier molecular flexibility index (Phi) is 2.32. The van der Waals surface area contributed by atoms with Crippen molar-refractivity contribution in [2.24, 2.45) is 11.0 Å². The first kappa shape index (κ1) is 8.99. The van der Waals surface area contributed by atoms with Crippen LogP contribution in [0.2, 0.25) is 0 Å². The van der Waals surface area contributed by atoms with Crippen LogP contribution in [0.4, 0.5) is 0 Å². The minimum Gasteiger partial charge on any atom is -0.457 e. The molecule has 6 nitrogen and oxygen atoms in total. The minimum atomic E-state index is -3.77. The summed E-state index contributed by atoms with van der Waals surface area (Å²) < 4.78 is 19.4. The highest BCUT2D eigenvalue weighted by Gasteiger charge is 2.19. The van der Waals surface area contributed by atoms with Crippen molar-refractivity contribution in [1.29, 1.82) is 0 Å². The average molecular weight is 190 g/mol. The molecule has 0 bridgehead atoms. The number of carbonyl (C=O) groups is 1. The molecule has 0 radical (unpaired) electrons. The summed E-state index contributed by atoms with van der Waals surface area (Å²) in [5.41, 5.74) is 9.58. The average Bonchev–Trinajstić information content (AvgIpc) is 2.32. The second kappa shape index (κ2) is 3.10. The zero-order valence-corrected chi connectivity index (χ0v) is 6.86. The van der Waals surface area contributed by atoms with Gasteiger partial charge in [-0.1, -0.05) is 0 Å². The molecule has 0 aliphatic rings. The summed E-state index contributed by atoms with van der Waals surface area (Å²) in [6, 6.07) is 2.83. The van der Waals surface area contributed by atoms with E-state index in [0.717, 1.165) is 0 Å². The van der Waals surface area contributed by atoms with E-state index in [0.29, 0.717) is 0 Å². The smallest absolute Gasteiger partial charge is 0.387 e. The van der Waals surface area contributed by atoms with Gasteiger partial charge in [0.05, 0.1) is 6.26 Å². The summed E-state index contributed by atoms with van der Waals surface area (Å²) in [6.07, 6.45) is 1.27. The molecule has 0 spiro atoms. The van der Waals surface area contributed by atoms with Crippen molar-refractivity contribution in [3.05, 3.63) is 24.2 Å². The molecule has 0 saturated carbocycles. The molecule has 0 aromatic carbocycles. The molecule has 7 heteroatoms. The van der Waals surface area contributed by atoms with Crippen LogP contribution < -0.4 is 11.0 Å². The van der Waals surface area contributed by atoms with Gasteiger partial charge in [-0.15, -0.1) is 0 Å². The van der Waals surface area contributed by atoms with Crippen LogP contribution in [-0.4, -0.2) is 5.97 Å². The van der Waals surface area contributed by atoms with E-state index in [1.54, 1.807) is 0 Å². The monoisotopic (exact) mass is 190 g/mol. The van der Waals surface area contributed by atoms with Gasteiger partial charge in [0.25, 0.3) is 0 Å². The number of furan rings is 1. The predicted octanol–water partition coefficient (Wildman–Crippen LogP) is 0.462. The first-order valence-corrected chi connectivity index (χ1v) is 4.70. The van der Waals surface area contributed by atoms with Crippen molar-refractivity contribution in [2.75, 3.05) is 0 Å². The summed E-state index contributed by atoms with van der Waals surface area (Å²) in [5.74, 6) is -1.03. The quantitative estimate of drug-likeness (QED) is 0.655. The van der Waals surface area contributed by atoms with E-state index in [2.05, 4.69) is 8.94 Å². The minimum absolute atomic E-state index is 0.0916. The molecule has 0 aliphatic carbocycles. The van der Waals surface area contributed by atoms with E-state index in [9.17, 15) is 9.36 Å². The Hall–Kier alpha value is -1.10. The first-order chi connectivity index (χ1) is 5.49. The number of nitrogens with two attached hydrogens (primary N) is 2. The van der Waals surface area contributed by atoms with E-state index < -0.39 is 13.6 Å². The lowest BCUT2D eigenvalue weighted by molar-refractivity contribution is 0.0707. The van der Waals surface area contributed by atoms with Crippen LogP contribution in [0.15, 0.2) is 22.8 Å². The molecule has 1 heterocycles. The molecule has 1 aromatic rings. The van der Waals surface area contributed by atoms with E-state index in [1.165, 1.54) is 18.4 Å². The summed E-state index contributed by atoms with van der Waals surface area (Å²) in [4.78, 5) is 10.9. The lowest BCUT2D eigenvalue weighted by atomic mass is 10.5. The van der Waals surface area contributed by atoms with Crippen LogP contribution in [0, 0.1) is 0 Å². The third-order valence-corrected chi connectivity index (χ3v) is 1.40. The molecular weight excluding hydrogens is 183 g/mol. The fourth-order valence-corrected chi connectivity index (χ4v) is 0.918. The van der Waals surface area contributed by atoms with Crippen molar-refractivity contribution in [1.82, 2.24) is 0 Å². The summed E-state index contributed by atoms with van der Waals surface area (Å²) in [5, 5.41) is 0. The normalized spacial score (nSPS) is 11.2. The number of hydrogen-bond donors (Lipinski definition) is 2. The van der Waals surface area contributed by atoms with Crippen LogP contribution >= 0.6 is 7.67 Å². The Balaban J connectivity index is 2.69. The largest absolute Gasteiger partial charge is 0.457 e. The molecular formula is C5H7N2O4P. The second-order valence-corrected chi connectivity index (χ2v) is 3.47. The lowest BCUT2D eigenvalue weighted by Gasteiger charge is -2.04. The van der Waals surface area contributed by atoms with Crippen LogP contribution in [-0.2, 0) is 9.09 Å². The molecule has 12 heavy (non-hydrogen) atoms. The van der Waals surface area contributed by atoms with Crippen LogP contribution in [0.5, 0.6) is 0 Å². The molecule has 0 aliphatic heterocycles. The second-order valence-electron chi connectivity index (χ2n) is 2.00. The maximum atomic E-state index is 10.9. The number of rotatable bonds is 2. The van der Waals surface area contributed by atoms with E-state index >= 15 is 0 Å². The van der Waals surface area contributed by atoms with Crippen molar-refractivity contribution in [3.63, 3.8) is 0 Å². The van der Waals surface area contributed by atoms with Gasteiger partial charge < -0.3 is 8.94 Å². The molecule has 1 rings (SSSR count). The SMILES string of the molecule is NP(N)(=O)OC(=O)c1ccco1. The molecule has 1 aromatic heterocycles. The van der Waals surface area contributed by atoms with Gasteiger partial charge >= 0.3 is 13.6 Å². The van der Waals surface area contributed by atoms with Crippen LogP contribution in [0.25, 0.3) is 0 Å². The topological polar surface area (TPSA) is 109 Å². The van der Waals surface area contributed by atoms with Crippen molar-refractivity contribution in [3.8, 4) is 0 Å². The Bertz CT molecular complexity index is 314. The maximum Gasteiger partial charge on any atom is 0.387 e. The van der Waals surface area contributed by atoms with Gasteiger partial charge in [0.15, 0.2) is 0 Å². The third-order valence-electron chi connectivity index (χ3n) is 0.948. The van der Waals surface area contributed by atoms with Gasteiger partial charge in [-0.05, 0) is 12.1 Å². The summed E-state index contributed by atoms with van der Waals surface area (Å²) in [6.45, 7) is 0. The summed E-state index contributed by atoms with van der Waals surface area (Å²) in [7, 11) is -3.77. The highest BCUT2D eigenvalue weighted by molar-refractivity contribution is 7.54. The van der Waals surface area contributed by atoms with Gasteiger partial charge in [-0.2, -0.15) is 0 Å². The Morgan fingerprint density at radius 2 is 2.25 bits per heavy atom. The molecule has 0 amide bonds. The van der Waals surface area contributed by atoms with Gasteiger partial charge in [-0.25, -0.2) is 20.4 Å². The molecule has 4 N–H and O–H groups in total. The van der Waals surface area contributed by atoms with Gasteiger partial charge in [0.2, 0.25) is 5.76 Å². The van der Waals surface area contributed by atoms with Crippen molar-refractivity contribution >= 4 is 13.6 Å². The van der Waals surface area contributed by atoms with Gasteiger partial charge in [0.1, 0.15) is 0 Å². The third kappa shape index (κ3) is 2.50. The zero-order chi connectivity index (χ0) is 9.19. The first-order valence-electron chi connectivity index (χ1n) is 2.93. The van der Waals surface area contributed by atoms with Gasteiger partial charge in [-0.3, -0.25) is 0 Å². The molecule has 0 atom stereocenters. The number of hydrogen-bond acceptors (Lipinski definition) is 4. The standard InChI is InChI=1S/C5H7N2O4P/c6-12(7,9)11-5(8)4-2-1-3-10-4/h1-3H,(H4,6,7,9). The maximum absolute atomic E-state index is 10.9. The fourth-order valence-electron chi connectivity index (χ4n) is 0.569. The highest BCUT2D eigenvalue weighted by Crippen LogP contribution is 2.27. The molecule has 0 fully saturated rings. The highest BCUT2D eigenvalue weighted by atomic mass is 31.2. The predicted molar refractivity (Wildman–Crippen MR) is 40.1 cm³/mol. The Morgan fingerprint density at radius 1 is 1.58 bits per heavy atom. The Labute approximate surface area is 68.0 Å². The van der Waals surface area contributed by atoms with E-state index in [1.807, 2.05) is 0 Å². The van der Waals surface area contributed by atoms with E-state index in [4.69, 9.17) is 11.0 Å². The van der Waals surface area contributed by atoms with Crippen molar-refractivity contribution in [2.45, 2.75) is 0 Å². The Morgan fingerprint density at radius 3 is 2.67 bits per heavy atom. The molecule has 0 saturated heterocycles. The lowest BCUT2D eigenvalue weighted by Crippen LogP contribution is -2.13. The van der Waals surface area contributed by atoms with E-state index in [-0.39, 0.29) is 5.76 Å². The zero-order valence-electron chi connectivity index (χ0n) is 5.97. The number of carbonyl (C=O) groups excluding carboxylic acids is 1. The van der Waals surface area contributed by atoms with Crippen LogP contribution in [0.3, 0.4) is 0 Å². The fraction of sp³-hybridized carbons (Fsp3) is 0. The van der Waals surface area contributed by atoms with Crippen LogP contribution in [0.1, 0.15) is 10.6 Å². The molecule has 66 valence electrons.